The number of sulfone groups is 1. The van der Waals surface area contributed by atoms with Crippen LogP contribution in [-0.4, -0.2) is 71.2 Å². The number of nitrogens with one attached hydrogen (secondary N) is 1. The molecule has 1 amide bonds. The molecule has 2 N–H and O–H groups in total. The Balaban J connectivity index is 1.45. The third kappa shape index (κ3) is 4.45. The van der Waals surface area contributed by atoms with Crippen LogP contribution < -0.4 is 4.74 Å². The molecule has 1 aliphatic rings. The number of carbonyl (C=O) groups is 1. The fraction of sp³-hybridized carbons (Fsp3) is 0.269. The van der Waals surface area contributed by atoms with E-state index in [1.165, 1.54) is 11.9 Å². The summed E-state index contributed by atoms with van der Waals surface area (Å²) in [6.07, 6.45) is 0.672. The number of benzene rings is 2. The van der Waals surface area contributed by atoms with Gasteiger partial charge in [0.25, 0.3) is 5.91 Å². The number of nitrogens with zero attached hydrogens (tertiary/aromatic N) is 3. The summed E-state index contributed by atoms with van der Waals surface area (Å²) in [6, 6.07) is 16.2. The first-order chi connectivity index (χ1) is 17.3. The Hall–Kier alpha value is -3.76. The summed E-state index contributed by atoms with van der Waals surface area (Å²) in [5.41, 5.74) is 4.14. The van der Waals surface area contributed by atoms with Gasteiger partial charge in [-0.2, -0.15) is 5.10 Å². The van der Waals surface area contributed by atoms with E-state index in [9.17, 15) is 18.3 Å². The van der Waals surface area contributed by atoms with Gasteiger partial charge in [-0.3, -0.25) is 9.89 Å². The number of aliphatic hydroxyl groups excluding tert-OH is 1. The highest BCUT2D eigenvalue weighted by molar-refractivity contribution is 7.91. The average Bonchev–Trinajstić information content (AvgIpc) is 3.49. The number of aliphatic hydroxyl groups is 1. The Morgan fingerprint density at radius 1 is 1.17 bits per heavy atom. The van der Waals surface area contributed by atoms with Gasteiger partial charge in [0.1, 0.15) is 11.4 Å². The Labute approximate surface area is 208 Å². The van der Waals surface area contributed by atoms with Crippen molar-refractivity contribution >= 4 is 26.8 Å². The van der Waals surface area contributed by atoms with Gasteiger partial charge >= 0.3 is 0 Å². The summed E-state index contributed by atoms with van der Waals surface area (Å²) in [5.74, 6) is 0.143. The minimum absolute atomic E-state index is 0.0567. The topological polar surface area (TPSA) is 125 Å². The largest absolute Gasteiger partial charge is 0.496 e. The lowest BCUT2D eigenvalue weighted by Gasteiger charge is -2.26. The number of fused-ring (bicyclic) bond motifs is 1. The number of aromatic amines is 1. The summed E-state index contributed by atoms with van der Waals surface area (Å²) < 4.78 is 29.1. The maximum absolute atomic E-state index is 12.9. The minimum Gasteiger partial charge on any atom is -0.496 e. The molecular weight excluding hydrogens is 480 g/mol. The Morgan fingerprint density at radius 2 is 1.97 bits per heavy atom. The molecule has 2 aromatic carbocycles. The average molecular weight is 507 g/mol. The number of pyridine rings is 1. The third-order valence-electron chi connectivity index (χ3n) is 6.65. The molecule has 5 rings (SSSR count). The van der Waals surface area contributed by atoms with Crippen LogP contribution in [0.1, 0.15) is 18.1 Å². The van der Waals surface area contributed by atoms with Gasteiger partial charge < -0.3 is 14.7 Å². The van der Waals surface area contributed by atoms with Crippen LogP contribution in [-0.2, 0) is 14.6 Å². The Bertz CT molecular complexity index is 1550. The number of amides is 1. The fourth-order valence-electron chi connectivity index (χ4n) is 4.59. The zero-order valence-corrected chi connectivity index (χ0v) is 20.7. The lowest BCUT2D eigenvalue weighted by Crippen LogP contribution is -2.40. The van der Waals surface area contributed by atoms with Crippen molar-refractivity contribution in [2.24, 2.45) is 0 Å². The number of methoxy groups -OCH3 is 1. The molecule has 1 fully saturated rings. The van der Waals surface area contributed by atoms with Crippen molar-refractivity contribution < 1.29 is 23.1 Å². The molecule has 9 nitrogen and oxygen atoms in total. The van der Waals surface area contributed by atoms with Crippen molar-refractivity contribution in [2.45, 2.75) is 18.6 Å². The van der Waals surface area contributed by atoms with Crippen LogP contribution in [0.15, 0.2) is 60.8 Å². The molecule has 0 spiro atoms. The van der Waals surface area contributed by atoms with Gasteiger partial charge in [0.2, 0.25) is 0 Å². The highest BCUT2D eigenvalue weighted by atomic mass is 32.2. The molecule has 2 unspecified atom stereocenters. The highest BCUT2D eigenvalue weighted by Gasteiger charge is 2.35. The van der Waals surface area contributed by atoms with Gasteiger partial charge in [0.05, 0.1) is 18.6 Å². The predicted molar refractivity (Wildman–Crippen MR) is 136 cm³/mol. The fourth-order valence-corrected chi connectivity index (χ4v) is 6.37. The van der Waals surface area contributed by atoms with Crippen molar-refractivity contribution in [2.75, 3.05) is 25.7 Å². The van der Waals surface area contributed by atoms with E-state index in [2.05, 4.69) is 15.2 Å². The first kappa shape index (κ1) is 24.0. The number of H-pyrrole nitrogens is 1. The van der Waals surface area contributed by atoms with Crippen LogP contribution in [0.4, 0.5) is 0 Å². The number of hydrogen-bond donors (Lipinski definition) is 2. The number of ether oxygens (including phenoxy) is 1. The molecule has 0 bridgehead atoms. The lowest BCUT2D eigenvalue weighted by atomic mass is 9.99. The SMILES string of the molecule is COc1ccccc1-c1n[nH]c2ncc(-c3cccc(C(O)C(=O)N(C)C4CCS(=O)(=O)C4)c3)cc12. The van der Waals surface area contributed by atoms with Gasteiger partial charge in [0.15, 0.2) is 21.6 Å². The van der Waals surface area contributed by atoms with Crippen LogP contribution in [0.5, 0.6) is 5.75 Å². The summed E-state index contributed by atoms with van der Waals surface area (Å²) in [5, 5.41) is 19.0. The van der Waals surface area contributed by atoms with Crippen molar-refractivity contribution in [3.63, 3.8) is 0 Å². The monoisotopic (exact) mass is 506 g/mol. The van der Waals surface area contributed by atoms with Crippen molar-refractivity contribution in [3.05, 3.63) is 66.4 Å². The second-order valence-electron chi connectivity index (χ2n) is 8.93. The standard InChI is InChI=1S/C26H26N4O5S/c1-30(19-10-11-36(33,34)15-19)26(32)24(31)17-7-5-6-16(12-17)18-13-21-23(28-29-25(21)27-14-18)20-8-3-4-9-22(20)35-2/h3-9,12-14,19,24,31H,10-11,15H2,1-2H3,(H,27,28,29). The van der Waals surface area contributed by atoms with Gasteiger partial charge in [0, 0.05) is 35.8 Å². The second-order valence-corrected chi connectivity index (χ2v) is 11.2. The van der Waals surface area contributed by atoms with Crippen molar-refractivity contribution in [1.82, 2.24) is 20.1 Å². The quantitative estimate of drug-likeness (QED) is 0.412. The van der Waals surface area contributed by atoms with Crippen molar-refractivity contribution in [3.8, 4) is 28.1 Å². The molecule has 2 atom stereocenters. The summed E-state index contributed by atoms with van der Waals surface area (Å²) in [7, 11) is 0.00195. The molecule has 0 aliphatic carbocycles. The van der Waals surface area contributed by atoms with E-state index in [4.69, 9.17) is 4.74 Å². The first-order valence-electron chi connectivity index (χ1n) is 11.5. The number of para-hydroxylation sites is 1. The van der Waals surface area contributed by atoms with Crippen LogP contribution in [0, 0.1) is 0 Å². The summed E-state index contributed by atoms with van der Waals surface area (Å²) in [4.78, 5) is 18.8. The lowest BCUT2D eigenvalue weighted by molar-refractivity contribution is -0.140. The molecular formula is C26H26N4O5S. The van der Waals surface area contributed by atoms with Crippen LogP contribution >= 0.6 is 0 Å². The van der Waals surface area contributed by atoms with Gasteiger partial charge in [-0.05, 0) is 41.8 Å². The molecule has 3 heterocycles. The summed E-state index contributed by atoms with van der Waals surface area (Å²) >= 11 is 0. The molecule has 36 heavy (non-hydrogen) atoms. The smallest absolute Gasteiger partial charge is 0.256 e. The van der Waals surface area contributed by atoms with E-state index in [1.54, 1.807) is 31.5 Å². The number of hydrogen-bond acceptors (Lipinski definition) is 7. The maximum Gasteiger partial charge on any atom is 0.256 e. The van der Waals surface area contributed by atoms with Crippen LogP contribution in [0.2, 0.25) is 0 Å². The Kier molecular flexibility index (Phi) is 6.23. The van der Waals surface area contributed by atoms with Crippen LogP contribution in [0.3, 0.4) is 0 Å². The molecule has 0 radical (unpaired) electrons. The zero-order valence-electron chi connectivity index (χ0n) is 19.9. The van der Waals surface area contributed by atoms with E-state index < -0.39 is 27.9 Å². The zero-order chi connectivity index (χ0) is 25.4. The second kappa shape index (κ2) is 9.36. The molecule has 186 valence electrons. The third-order valence-corrected chi connectivity index (χ3v) is 8.40. The van der Waals surface area contributed by atoms with E-state index in [-0.39, 0.29) is 11.5 Å². The van der Waals surface area contributed by atoms with Crippen LogP contribution in [0.25, 0.3) is 33.4 Å². The number of rotatable bonds is 6. The first-order valence-corrected chi connectivity index (χ1v) is 13.3. The van der Waals surface area contributed by atoms with Gasteiger partial charge in [-0.15, -0.1) is 0 Å². The van der Waals surface area contributed by atoms with Gasteiger partial charge in [-0.1, -0.05) is 30.3 Å². The molecule has 10 heteroatoms. The number of likely N-dealkylation sites (N-methyl/N-ethyl adjacent to an activating group) is 1. The molecule has 1 saturated heterocycles. The van der Waals surface area contributed by atoms with E-state index in [0.717, 1.165) is 22.1 Å². The molecule has 2 aromatic heterocycles. The number of carbonyl (C=O) groups excluding carboxylic acids is 1. The Morgan fingerprint density at radius 3 is 2.72 bits per heavy atom. The number of aromatic nitrogens is 3. The van der Waals surface area contributed by atoms with E-state index >= 15 is 0 Å². The summed E-state index contributed by atoms with van der Waals surface area (Å²) in [6.45, 7) is 0. The predicted octanol–water partition coefficient (Wildman–Crippen LogP) is 2.98. The van der Waals surface area contributed by atoms with Gasteiger partial charge in [-0.25, -0.2) is 13.4 Å². The van der Waals surface area contributed by atoms with E-state index in [1.807, 2.05) is 36.4 Å². The normalized spacial score (nSPS) is 17.7. The van der Waals surface area contributed by atoms with E-state index in [0.29, 0.717) is 29.1 Å². The minimum atomic E-state index is -3.15. The molecule has 4 aromatic rings. The molecule has 1 aliphatic heterocycles. The molecule has 0 saturated carbocycles. The maximum atomic E-state index is 12.9. The highest BCUT2D eigenvalue weighted by Crippen LogP contribution is 2.34. The van der Waals surface area contributed by atoms with Crippen molar-refractivity contribution in [1.29, 1.82) is 0 Å².